The Morgan fingerprint density at radius 3 is 2.41 bits per heavy atom. The van der Waals surface area contributed by atoms with Crippen molar-refractivity contribution in [2.45, 2.75) is 13.5 Å². The normalized spacial score (nSPS) is 10.5. The zero-order chi connectivity index (χ0) is 20.2. The molecule has 0 aliphatic heterocycles. The van der Waals surface area contributed by atoms with Crippen molar-refractivity contribution < 1.29 is 14.3 Å². The number of benzene rings is 2. The topological polar surface area (TPSA) is 75.2 Å². The number of carbonyl (C=O) groups excluding carboxylic acids is 1. The van der Waals surface area contributed by atoms with Crippen LogP contribution < -0.4 is 15.4 Å². The van der Waals surface area contributed by atoms with Crippen molar-refractivity contribution in [3.63, 3.8) is 0 Å². The van der Waals surface area contributed by atoms with Crippen molar-refractivity contribution in [2.75, 3.05) is 39.2 Å². The van der Waals surface area contributed by atoms with E-state index in [0.717, 1.165) is 23.8 Å². The number of methoxy groups -OCH3 is 1. The Kier molecular flexibility index (Phi) is 11.6. The summed E-state index contributed by atoms with van der Waals surface area (Å²) < 4.78 is 10.3. The van der Waals surface area contributed by atoms with Crippen LogP contribution in [0.2, 0.25) is 0 Å². The molecular formula is C21H29IN4O3. The maximum atomic E-state index is 11.2. The number of hydrogen-bond acceptors (Lipinski definition) is 4. The lowest BCUT2D eigenvalue weighted by molar-refractivity contribution is 0.187. The third-order valence-electron chi connectivity index (χ3n) is 3.93. The molecule has 0 radical (unpaired) electrons. The lowest BCUT2D eigenvalue weighted by Gasteiger charge is -2.22. The molecule has 2 N–H and O–H groups in total. The predicted molar refractivity (Wildman–Crippen MR) is 127 cm³/mol. The Hall–Kier alpha value is -2.49. The summed E-state index contributed by atoms with van der Waals surface area (Å²) in [4.78, 5) is 17.9. The number of aliphatic imine (C=N–C) groups is 1. The quantitative estimate of drug-likeness (QED) is 0.318. The van der Waals surface area contributed by atoms with Gasteiger partial charge in [-0.15, -0.1) is 24.0 Å². The van der Waals surface area contributed by atoms with Gasteiger partial charge in [-0.2, -0.15) is 0 Å². The number of guanidine groups is 1. The number of hydrogen-bond donors (Lipinski definition) is 2. The number of amides is 1. The second kappa shape index (κ2) is 13.6. The Bertz CT molecular complexity index is 754. The fourth-order valence-electron chi connectivity index (χ4n) is 2.42. The molecular weight excluding hydrogens is 483 g/mol. The van der Waals surface area contributed by atoms with E-state index >= 15 is 0 Å². The molecule has 0 bridgehead atoms. The van der Waals surface area contributed by atoms with Gasteiger partial charge >= 0.3 is 6.09 Å². The fourth-order valence-corrected chi connectivity index (χ4v) is 2.42. The van der Waals surface area contributed by atoms with Gasteiger partial charge in [-0.3, -0.25) is 5.32 Å². The van der Waals surface area contributed by atoms with Gasteiger partial charge in [0.25, 0.3) is 0 Å². The number of anilines is 1. The van der Waals surface area contributed by atoms with E-state index in [1.807, 2.05) is 73.5 Å². The van der Waals surface area contributed by atoms with Crippen LogP contribution in [0.25, 0.3) is 0 Å². The molecule has 2 aromatic carbocycles. The van der Waals surface area contributed by atoms with Gasteiger partial charge in [0.15, 0.2) is 5.96 Å². The number of nitrogens with one attached hydrogen (secondary N) is 2. The molecule has 2 rings (SSSR count). The molecule has 29 heavy (non-hydrogen) atoms. The number of carbonyl (C=O) groups is 1. The van der Waals surface area contributed by atoms with Gasteiger partial charge in [0.2, 0.25) is 0 Å². The fraction of sp³-hybridized carbons (Fsp3) is 0.333. The molecule has 0 atom stereocenters. The zero-order valence-electron chi connectivity index (χ0n) is 17.1. The highest BCUT2D eigenvalue weighted by Crippen LogP contribution is 2.11. The molecule has 0 aliphatic rings. The van der Waals surface area contributed by atoms with E-state index in [-0.39, 0.29) is 24.0 Å². The molecule has 158 valence electrons. The third kappa shape index (κ3) is 9.03. The second-order valence-corrected chi connectivity index (χ2v) is 6.07. The Morgan fingerprint density at radius 2 is 1.79 bits per heavy atom. The van der Waals surface area contributed by atoms with Crippen LogP contribution in [0, 0.1) is 0 Å². The minimum absolute atomic E-state index is 0. The van der Waals surface area contributed by atoms with Crippen LogP contribution in [-0.4, -0.2) is 50.8 Å². The van der Waals surface area contributed by atoms with Crippen molar-refractivity contribution in [3.05, 3.63) is 60.2 Å². The largest absolute Gasteiger partial charge is 0.492 e. The molecule has 2 aromatic rings. The Morgan fingerprint density at radius 1 is 1.10 bits per heavy atom. The van der Waals surface area contributed by atoms with Gasteiger partial charge < -0.3 is 19.7 Å². The highest BCUT2D eigenvalue weighted by Gasteiger charge is 2.06. The van der Waals surface area contributed by atoms with E-state index in [1.54, 1.807) is 0 Å². The molecule has 7 nitrogen and oxygen atoms in total. The van der Waals surface area contributed by atoms with Crippen LogP contribution in [0.15, 0.2) is 59.6 Å². The van der Waals surface area contributed by atoms with E-state index < -0.39 is 6.09 Å². The van der Waals surface area contributed by atoms with Gasteiger partial charge in [-0.05, 0) is 36.8 Å². The SMILES string of the molecule is CCNC(=NCc1ccc(NC(=O)OC)cc1)N(C)CCOc1ccccc1.I. The summed E-state index contributed by atoms with van der Waals surface area (Å²) in [5.74, 6) is 1.68. The van der Waals surface area contributed by atoms with Gasteiger partial charge in [0.05, 0.1) is 20.2 Å². The maximum absolute atomic E-state index is 11.2. The first-order chi connectivity index (χ1) is 13.6. The predicted octanol–water partition coefficient (Wildman–Crippen LogP) is 3.96. The average molecular weight is 512 g/mol. The minimum Gasteiger partial charge on any atom is -0.492 e. The van der Waals surface area contributed by atoms with Crippen molar-refractivity contribution >= 4 is 41.7 Å². The Balaban J connectivity index is 0.00000420. The number of rotatable bonds is 8. The van der Waals surface area contributed by atoms with Crippen molar-refractivity contribution in [2.24, 2.45) is 4.99 Å². The molecule has 0 aliphatic carbocycles. The monoisotopic (exact) mass is 512 g/mol. The molecule has 0 heterocycles. The molecule has 0 saturated carbocycles. The second-order valence-electron chi connectivity index (χ2n) is 6.07. The summed E-state index contributed by atoms with van der Waals surface area (Å²) in [6, 6.07) is 17.3. The highest BCUT2D eigenvalue weighted by molar-refractivity contribution is 14.0. The number of halogens is 1. The first-order valence-electron chi connectivity index (χ1n) is 9.23. The van der Waals surface area contributed by atoms with Crippen molar-refractivity contribution in [1.82, 2.24) is 10.2 Å². The first kappa shape index (κ1) is 24.5. The van der Waals surface area contributed by atoms with Crippen LogP contribution in [-0.2, 0) is 11.3 Å². The molecule has 0 fully saturated rings. The average Bonchev–Trinajstić information content (AvgIpc) is 2.72. The van der Waals surface area contributed by atoms with E-state index in [4.69, 9.17) is 4.74 Å². The summed E-state index contributed by atoms with van der Waals surface area (Å²) in [5.41, 5.74) is 1.72. The Labute approximate surface area is 189 Å². The third-order valence-corrected chi connectivity index (χ3v) is 3.93. The molecule has 0 aromatic heterocycles. The van der Waals surface area contributed by atoms with Crippen LogP contribution in [0.5, 0.6) is 5.75 Å². The van der Waals surface area contributed by atoms with Crippen molar-refractivity contribution in [1.29, 1.82) is 0 Å². The van der Waals surface area contributed by atoms with Crippen LogP contribution in [0.4, 0.5) is 10.5 Å². The standard InChI is InChI=1S/C21H28N4O3.HI/c1-4-22-20(25(2)14-15-28-19-8-6-5-7-9-19)23-16-17-10-12-18(13-11-17)24-21(26)27-3;/h5-13H,4,14-16H2,1-3H3,(H,22,23)(H,24,26);1H. The summed E-state index contributed by atoms with van der Waals surface area (Å²) in [6.07, 6.45) is -0.487. The molecule has 0 unspecified atom stereocenters. The number of likely N-dealkylation sites (N-methyl/N-ethyl adjacent to an activating group) is 1. The summed E-state index contributed by atoms with van der Waals surface area (Å²) in [6.45, 7) is 4.63. The van der Waals surface area contributed by atoms with E-state index in [9.17, 15) is 4.79 Å². The zero-order valence-corrected chi connectivity index (χ0v) is 19.4. The smallest absolute Gasteiger partial charge is 0.411 e. The number of nitrogens with zero attached hydrogens (tertiary/aromatic N) is 2. The molecule has 8 heteroatoms. The van der Waals surface area contributed by atoms with E-state index in [2.05, 4.69) is 20.4 Å². The lowest BCUT2D eigenvalue weighted by Crippen LogP contribution is -2.40. The summed E-state index contributed by atoms with van der Waals surface area (Å²) >= 11 is 0. The van der Waals surface area contributed by atoms with Crippen LogP contribution in [0.3, 0.4) is 0 Å². The van der Waals surface area contributed by atoms with Crippen molar-refractivity contribution in [3.8, 4) is 5.75 Å². The van der Waals surface area contributed by atoms with E-state index in [1.165, 1.54) is 7.11 Å². The summed E-state index contributed by atoms with van der Waals surface area (Å²) in [7, 11) is 3.32. The minimum atomic E-state index is -0.487. The maximum Gasteiger partial charge on any atom is 0.411 e. The molecule has 0 saturated heterocycles. The summed E-state index contributed by atoms with van der Waals surface area (Å²) in [5, 5.41) is 5.92. The molecule has 0 spiro atoms. The molecule has 1 amide bonds. The van der Waals surface area contributed by atoms with Gasteiger partial charge in [-0.1, -0.05) is 30.3 Å². The van der Waals surface area contributed by atoms with Gasteiger partial charge in [0, 0.05) is 19.3 Å². The number of ether oxygens (including phenoxy) is 2. The van der Waals surface area contributed by atoms with Crippen LogP contribution >= 0.6 is 24.0 Å². The first-order valence-corrected chi connectivity index (χ1v) is 9.23. The lowest BCUT2D eigenvalue weighted by atomic mass is 10.2. The van der Waals surface area contributed by atoms with Crippen LogP contribution in [0.1, 0.15) is 12.5 Å². The highest BCUT2D eigenvalue weighted by atomic mass is 127. The number of para-hydroxylation sites is 1. The van der Waals surface area contributed by atoms with E-state index in [0.29, 0.717) is 25.4 Å². The van der Waals surface area contributed by atoms with Gasteiger partial charge in [-0.25, -0.2) is 9.79 Å². The van der Waals surface area contributed by atoms with Gasteiger partial charge in [0.1, 0.15) is 12.4 Å².